The van der Waals surface area contributed by atoms with Gasteiger partial charge in [-0.1, -0.05) is 23.7 Å². The minimum absolute atomic E-state index is 0.110. The van der Waals surface area contributed by atoms with Crippen molar-refractivity contribution in [2.24, 2.45) is 5.92 Å². The van der Waals surface area contributed by atoms with E-state index in [0.29, 0.717) is 37.7 Å². The summed E-state index contributed by atoms with van der Waals surface area (Å²) in [4.78, 5) is 13.9. The van der Waals surface area contributed by atoms with E-state index in [-0.39, 0.29) is 5.91 Å². The predicted molar refractivity (Wildman–Crippen MR) is 71.7 cm³/mol. The van der Waals surface area contributed by atoms with E-state index in [1.807, 2.05) is 12.1 Å². The number of benzene rings is 1. The second kappa shape index (κ2) is 6.55. The quantitative estimate of drug-likeness (QED) is 0.848. The van der Waals surface area contributed by atoms with Crippen LogP contribution in [0.15, 0.2) is 24.3 Å². The van der Waals surface area contributed by atoms with Crippen LogP contribution in [-0.2, 0) is 16.0 Å². The number of nitrogens with zero attached hydrogens (tertiary/aromatic N) is 2. The molecule has 1 fully saturated rings. The average Bonchev–Trinajstić information content (AvgIpc) is 2.47. The van der Waals surface area contributed by atoms with Crippen molar-refractivity contribution in [1.82, 2.24) is 4.90 Å². The van der Waals surface area contributed by atoms with Crippen molar-refractivity contribution in [1.29, 1.82) is 5.26 Å². The van der Waals surface area contributed by atoms with Crippen molar-refractivity contribution in [3.63, 3.8) is 0 Å². The lowest BCUT2D eigenvalue weighted by Gasteiger charge is -2.28. The molecule has 1 aromatic carbocycles. The number of morpholine rings is 1. The number of rotatable bonds is 3. The van der Waals surface area contributed by atoms with Crippen molar-refractivity contribution < 1.29 is 9.53 Å². The van der Waals surface area contributed by atoms with Gasteiger partial charge in [-0.25, -0.2) is 0 Å². The Bertz CT molecular complexity index is 475. The summed E-state index contributed by atoms with van der Waals surface area (Å²) in [5, 5.41) is 9.84. The standard InChI is InChI=1S/C14H15ClN2O2/c15-13-3-1-11(2-4-13)9-12(10-16)14(18)17-5-7-19-8-6-17/h1-4,12H,5-9H2. The first-order valence-electron chi connectivity index (χ1n) is 6.21. The fourth-order valence-electron chi connectivity index (χ4n) is 2.05. The third-order valence-corrected chi connectivity index (χ3v) is 3.38. The van der Waals surface area contributed by atoms with Gasteiger partial charge in [0.05, 0.1) is 19.3 Å². The zero-order chi connectivity index (χ0) is 13.7. The Labute approximate surface area is 117 Å². The largest absolute Gasteiger partial charge is 0.378 e. The summed E-state index contributed by atoms with van der Waals surface area (Å²) in [6, 6.07) is 9.33. The number of carbonyl (C=O) groups excluding carboxylic acids is 1. The zero-order valence-corrected chi connectivity index (χ0v) is 11.3. The number of amides is 1. The second-order valence-electron chi connectivity index (χ2n) is 4.45. The lowest BCUT2D eigenvalue weighted by Crippen LogP contribution is -2.43. The summed E-state index contributed by atoms with van der Waals surface area (Å²) in [6.07, 6.45) is 0.420. The molecule has 1 aromatic rings. The summed E-state index contributed by atoms with van der Waals surface area (Å²) in [5.41, 5.74) is 0.942. The SMILES string of the molecule is N#CC(Cc1ccc(Cl)cc1)C(=O)N1CCOCC1. The smallest absolute Gasteiger partial charge is 0.240 e. The number of halogens is 1. The first-order chi connectivity index (χ1) is 9.20. The van der Waals surface area contributed by atoms with Crippen LogP contribution in [0.5, 0.6) is 0 Å². The zero-order valence-electron chi connectivity index (χ0n) is 10.5. The number of hydrogen-bond donors (Lipinski definition) is 0. The molecule has 0 saturated carbocycles. The maximum atomic E-state index is 12.2. The van der Waals surface area contributed by atoms with Gasteiger partial charge in [-0.05, 0) is 24.1 Å². The third kappa shape index (κ3) is 3.69. The van der Waals surface area contributed by atoms with E-state index < -0.39 is 5.92 Å². The van der Waals surface area contributed by atoms with Crippen LogP contribution in [0.3, 0.4) is 0 Å². The molecular weight excluding hydrogens is 264 g/mol. The topological polar surface area (TPSA) is 53.3 Å². The summed E-state index contributed by atoms with van der Waals surface area (Å²) in [7, 11) is 0. The van der Waals surface area contributed by atoms with Gasteiger partial charge in [-0.3, -0.25) is 4.79 Å². The van der Waals surface area contributed by atoms with Gasteiger partial charge in [0.15, 0.2) is 0 Å². The van der Waals surface area contributed by atoms with Gasteiger partial charge in [0.2, 0.25) is 5.91 Å². The molecule has 1 heterocycles. The minimum Gasteiger partial charge on any atom is -0.378 e. The summed E-state index contributed by atoms with van der Waals surface area (Å²) >= 11 is 5.81. The van der Waals surface area contributed by atoms with Crippen LogP contribution < -0.4 is 0 Å². The van der Waals surface area contributed by atoms with E-state index in [1.165, 1.54) is 0 Å². The van der Waals surface area contributed by atoms with Crippen LogP contribution in [0, 0.1) is 17.2 Å². The molecule has 1 aliphatic rings. The fourth-order valence-corrected chi connectivity index (χ4v) is 2.17. The molecule has 1 aliphatic heterocycles. The monoisotopic (exact) mass is 278 g/mol. The van der Waals surface area contributed by atoms with Crippen LogP contribution >= 0.6 is 11.6 Å². The lowest BCUT2D eigenvalue weighted by molar-refractivity contribution is -0.137. The third-order valence-electron chi connectivity index (χ3n) is 3.13. The highest BCUT2D eigenvalue weighted by Gasteiger charge is 2.25. The normalized spacial score (nSPS) is 16.7. The molecule has 5 heteroatoms. The molecule has 1 atom stereocenters. The first-order valence-corrected chi connectivity index (χ1v) is 6.59. The van der Waals surface area contributed by atoms with E-state index in [4.69, 9.17) is 16.3 Å². The highest BCUT2D eigenvalue weighted by atomic mass is 35.5. The maximum Gasteiger partial charge on any atom is 0.240 e. The minimum atomic E-state index is -0.640. The average molecular weight is 279 g/mol. The molecule has 4 nitrogen and oxygen atoms in total. The van der Waals surface area contributed by atoms with Gasteiger partial charge >= 0.3 is 0 Å². The molecule has 1 unspecified atom stereocenters. The van der Waals surface area contributed by atoms with Crippen molar-refractivity contribution in [3.05, 3.63) is 34.9 Å². The Balaban J connectivity index is 2.01. The molecule has 1 saturated heterocycles. The van der Waals surface area contributed by atoms with Gasteiger partial charge in [-0.2, -0.15) is 5.26 Å². The maximum absolute atomic E-state index is 12.2. The van der Waals surface area contributed by atoms with E-state index in [0.717, 1.165) is 5.56 Å². The molecule has 0 spiro atoms. The van der Waals surface area contributed by atoms with Crippen molar-refractivity contribution >= 4 is 17.5 Å². The Morgan fingerprint density at radius 2 is 2.00 bits per heavy atom. The Morgan fingerprint density at radius 3 is 2.58 bits per heavy atom. The Morgan fingerprint density at radius 1 is 1.37 bits per heavy atom. The number of hydrogen-bond acceptors (Lipinski definition) is 3. The van der Waals surface area contributed by atoms with E-state index in [1.54, 1.807) is 17.0 Å². The Kier molecular flexibility index (Phi) is 4.78. The van der Waals surface area contributed by atoms with E-state index in [9.17, 15) is 10.1 Å². The fraction of sp³-hybridized carbons (Fsp3) is 0.429. The van der Waals surface area contributed by atoms with Crippen LogP contribution in [0.2, 0.25) is 5.02 Å². The molecule has 0 aliphatic carbocycles. The van der Waals surface area contributed by atoms with Gasteiger partial charge in [0.25, 0.3) is 0 Å². The van der Waals surface area contributed by atoms with Crippen molar-refractivity contribution in [2.75, 3.05) is 26.3 Å². The molecule has 0 N–H and O–H groups in total. The van der Waals surface area contributed by atoms with Gasteiger partial charge < -0.3 is 9.64 Å². The number of nitriles is 1. The van der Waals surface area contributed by atoms with Crippen molar-refractivity contribution in [3.8, 4) is 6.07 Å². The van der Waals surface area contributed by atoms with Crippen molar-refractivity contribution in [2.45, 2.75) is 6.42 Å². The van der Waals surface area contributed by atoms with Crippen LogP contribution in [0.4, 0.5) is 0 Å². The molecule has 2 rings (SSSR count). The summed E-state index contributed by atoms with van der Waals surface area (Å²) in [5.74, 6) is -0.750. The highest BCUT2D eigenvalue weighted by Crippen LogP contribution is 2.15. The molecule has 1 amide bonds. The molecule has 100 valence electrons. The van der Waals surface area contributed by atoms with Gasteiger partial charge in [-0.15, -0.1) is 0 Å². The van der Waals surface area contributed by atoms with Gasteiger partial charge in [0, 0.05) is 18.1 Å². The second-order valence-corrected chi connectivity index (χ2v) is 4.89. The summed E-state index contributed by atoms with van der Waals surface area (Å²) < 4.78 is 5.20. The molecule has 0 bridgehead atoms. The molecular formula is C14H15ClN2O2. The summed E-state index contributed by atoms with van der Waals surface area (Å²) in [6.45, 7) is 2.23. The molecule has 0 radical (unpaired) electrons. The van der Waals surface area contributed by atoms with Crippen LogP contribution in [0.25, 0.3) is 0 Å². The highest BCUT2D eigenvalue weighted by molar-refractivity contribution is 6.30. The predicted octanol–water partition coefficient (Wildman–Crippen LogP) is 1.88. The molecule has 19 heavy (non-hydrogen) atoms. The number of ether oxygens (including phenoxy) is 1. The van der Waals surface area contributed by atoms with E-state index >= 15 is 0 Å². The van der Waals surface area contributed by atoms with Gasteiger partial charge in [0.1, 0.15) is 5.92 Å². The molecule has 0 aromatic heterocycles. The lowest BCUT2D eigenvalue weighted by atomic mass is 9.99. The van der Waals surface area contributed by atoms with Crippen LogP contribution in [-0.4, -0.2) is 37.1 Å². The van der Waals surface area contributed by atoms with Crippen LogP contribution in [0.1, 0.15) is 5.56 Å². The van der Waals surface area contributed by atoms with E-state index in [2.05, 4.69) is 6.07 Å². The Hall–Kier alpha value is -1.57. The first kappa shape index (κ1) is 13.9. The number of carbonyl (C=O) groups is 1.